The normalized spacial score (nSPS) is 12.7. The molecule has 0 amide bonds. The Balaban J connectivity index is 3.17. The molecule has 0 spiro atoms. The summed E-state index contributed by atoms with van der Waals surface area (Å²) in [4.78, 5) is 11.4. The summed E-state index contributed by atoms with van der Waals surface area (Å²) in [5.41, 5.74) is 0. The molecule has 0 saturated heterocycles. The van der Waals surface area contributed by atoms with Crippen LogP contribution in [0.3, 0.4) is 0 Å². The van der Waals surface area contributed by atoms with Crippen LogP contribution >= 0.6 is 0 Å². The van der Waals surface area contributed by atoms with Crippen molar-refractivity contribution in [2.45, 2.75) is 91.1 Å². The van der Waals surface area contributed by atoms with Crippen LogP contribution in [-0.2, 0) is 9.53 Å². The van der Waals surface area contributed by atoms with E-state index in [2.05, 4.69) is 13.8 Å². The van der Waals surface area contributed by atoms with Crippen LogP contribution in [0.1, 0.15) is 85.0 Å². The SMILES string of the molecule is CC(C)CCCCCCCCCC(=O)OCCC(C)O. The molecule has 3 nitrogen and oxygen atoms in total. The van der Waals surface area contributed by atoms with E-state index in [1.807, 2.05) is 0 Å². The average Bonchev–Trinajstić information content (AvgIpc) is 2.36. The number of ether oxygens (including phenoxy) is 1. The number of hydrogen-bond acceptors (Lipinski definition) is 3. The lowest BCUT2D eigenvalue weighted by Crippen LogP contribution is -2.10. The maximum atomic E-state index is 11.4. The quantitative estimate of drug-likeness (QED) is 0.401. The van der Waals surface area contributed by atoms with Crippen LogP contribution in [-0.4, -0.2) is 23.8 Å². The second-order valence-electron chi connectivity index (χ2n) is 6.27. The maximum absolute atomic E-state index is 11.4. The molecule has 0 aliphatic rings. The van der Waals surface area contributed by atoms with Crippen molar-refractivity contribution in [3.63, 3.8) is 0 Å². The topological polar surface area (TPSA) is 46.5 Å². The number of unbranched alkanes of at least 4 members (excludes halogenated alkanes) is 6. The minimum Gasteiger partial charge on any atom is -0.466 e. The van der Waals surface area contributed by atoms with Gasteiger partial charge in [-0.15, -0.1) is 0 Å². The first kappa shape index (κ1) is 19.4. The number of esters is 1. The second-order valence-corrected chi connectivity index (χ2v) is 6.27. The monoisotopic (exact) mass is 286 g/mol. The Labute approximate surface area is 125 Å². The molecule has 1 N–H and O–H groups in total. The predicted molar refractivity (Wildman–Crippen MR) is 83.6 cm³/mol. The molecule has 120 valence electrons. The van der Waals surface area contributed by atoms with Crippen LogP contribution < -0.4 is 0 Å². The van der Waals surface area contributed by atoms with Crippen molar-refractivity contribution in [1.29, 1.82) is 0 Å². The van der Waals surface area contributed by atoms with Crippen LogP contribution in [0, 0.1) is 5.92 Å². The van der Waals surface area contributed by atoms with Crippen molar-refractivity contribution in [3.05, 3.63) is 0 Å². The third kappa shape index (κ3) is 15.5. The first-order chi connectivity index (χ1) is 9.52. The summed E-state index contributed by atoms with van der Waals surface area (Å²) >= 11 is 0. The van der Waals surface area contributed by atoms with Crippen molar-refractivity contribution < 1.29 is 14.6 Å². The van der Waals surface area contributed by atoms with Gasteiger partial charge in [-0.2, -0.15) is 0 Å². The fourth-order valence-electron chi connectivity index (χ4n) is 2.12. The van der Waals surface area contributed by atoms with Crippen LogP contribution in [0.2, 0.25) is 0 Å². The Bertz CT molecular complexity index is 224. The number of carbonyl (C=O) groups excluding carboxylic acids is 1. The Kier molecular flexibility index (Phi) is 13.0. The van der Waals surface area contributed by atoms with Gasteiger partial charge >= 0.3 is 5.97 Å². The molecule has 0 fully saturated rings. The number of aliphatic hydroxyl groups excluding tert-OH is 1. The van der Waals surface area contributed by atoms with Crippen LogP contribution in [0.25, 0.3) is 0 Å². The van der Waals surface area contributed by atoms with E-state index in [-0.39, 0.29) is 5.97 Å². The summed E-state index contributed by atoms with van der Waals surface area (Å²) in [6, 6.07) is 0. The smallest absolute Gasteiger partial charge is 0.305 e. The number of aliphatic hydroxyl groups is 1. The predicted octanol–water partition coefficient (Wildman–Crippen LogP) is 4.47. The molecule has 0 aromatic carbocycles. The molecule has 0 rings (SSSR count). The van der Waals surface area contributed by atoms with Crippen molar-refractivity contribution >= 4 is 5.97 Å². The summed E-state index contributed by atoms with van der Waals surface area (Å²) < 4.78 is 5.04. The summed E-state index contributed by atoms with van der Waals surface area (Å²) in [7, 11) is 0. The van der Waals surface area contributed by atoms with Gasteiger partial charge in [0.05, 0.1) is 12.7 Å². The zero-order chi connectivity index (χ0) is 15.2. The van der Waals surface area contributed by atoms with E-state index in [1.165, 1.54) is 38.5 Å². The Morgan fingerprint density at radius 3 is 2.00 bits per heavy atom. The highest BCUT2D eigenvalue weighted by atomic mass is 16.5. The maximum Gasteiger partial charge on any atom is 0.305 e. The average molecular weight is 286 g/mol. The van der Waals surface area contributed by atoms with Crippen molar-refractivity contribution in [3.8, 4) is 0 Å². The third-order valence-corrected chi connectivity index (χ3v) is 3.46. The molecule has 3 heteroatoms. The minimum atomic E-state index is -0.390. The summed E-state index contributed by atoms with van der Waals surface area (Å²) in [6.45, 7) is 6.60. The molecule has 0 aliphatic carbocycles. The largest absolute Gasteiger partial charge is 0.466 e. The molecule has 0 heterocycles. The van der Waals surface area contributed by atoms with Gasteiger partial charge in [-0.1, -0.05) is 58.8 Å². The number of carbonyl (C=O) groups is 1. The highest BCUT2D eigenvalue weighted by Gasteiger charge is 2.03. The van der Waals surface area contributed by atoms with E-state index in [4.69, 9.17) is 9.84 Å². The molecule has 1 unspecified atom stereocenters. The molecular weight excluding hydrogens is 252 g/mol. The van der Waals surface area contributed by atoms with Crippen molar-refractivity contribution in [2.75, 3.05) is 6.61 Å². The van der Waals surface area contributed by atoms with Crippen molar-refractivity contribution in [2.24, 2.45) is 5.92 Å². The lowest BCUT2D eigenvalue weighted by Gasteiger charge is -2.06. The van der Waals surface area contributed by atoms with E-state index in [9.17, 15) is 4.79 Å². The van der Waals surface area contributed by atoms with Gasteiger partial charge in [0.25, 0.3) is 0 Å². The molecule has 0 saturated carbocycles. The number of rotatable bonds is 13. The van der Waals surface area contributed by atoms with Gasteiger partial charge in [0.2, 0.25) is 0 Å². The third-order valence-electron chi connectivity index (χ3n) is 3.46. The Hall–Kier alpha value is -0.570. The fraction of sp³-hybridized carbons (Fsp3) is 0.941. The van der Waals surface area contributed by atoms with Crippen molar-refractivity contribution in [1.82, 2.24) is 0 Å². The van der Waals surface area contributed by atoms with Gasteiger partial charge in [0.15, 0.2) is 0 Å². The Morgan fingerprint density at radius 2 is 1.45 bits per heavy atom. The fourth-order valence-corrected chi connectivity index (χ4v) is 2.12. The highest BCUT2D eigenvalue weighted by Crippen LogP contribution is 2.12. The first-order valence-electron chi connectivity index (χ1n) is 8.36. The van der Waals surface area contributed by atoms with E-state index in [0.717, 1.165) is 18.8 Å². The summed E-state index contributed by atoms with van der Waals surface area (Å²) in [5.74, 6) is 0.706. The van der Waals surface area contributed by atoms with Crippen LogP contribution in [0.15, 0.2) is 0 Å². The molecule has 0 bridgehead atoms. The summed E-state index contributed by atoms with van der Waals surface area (Å²) in [5, 5.41) is 9.04. The van der Waals surface area contributed by atoms with Crippen LogP contribution in [0.5, 0.6) is 0 Å². The van der Waals surface area contributed by atoms with Gasteiger partial charge in [-0.25, -0.2) is 0 Å². The molecule has 1 atom stereocenters. The lowest BCUT2D eigenvalue weighted by molar-refractivity contribution is -0.144. The standard InChI is InChI=1S/C17H34O3/c1-15(2)11-9-7-5-4-6-8-10-12-17(19)20-14-13-16(3)18/h15-16,18H,4-14H2,1-3H3. The van der Waals surface area contributed by atoms with Gasteiger partial charge in [0, 0.05) is 12.8 Å². The molecule has 20 heavy (non-hydrogen) atoms. The van der Waals surface area contributed by atoms with E-state index >= 15 is 0 Å². The molecule has 0 aromatic rings. The van der Waals surface area contributed by atoms with E-state index in [1.54, 1.807) is 6.92 Å². The van der Waals surface area contributed by atoms with E-state index in [0.29, 0.717) is 19.4 Å². The molecule has 0 aliphatic heterocycles. The molecular formula is C17H34O3. The molecule has 0 radical (unpaired) electrons. The zero-order valence-electron chi connectivity index (χ0n) is 13.7. The number of hydrogen-bond donors (Lipinski definition) is 1. The van der Waals surface area contributed by atoms with Gasteiger partial charge in [0.1, 0.15) is 0 Å². The minimum absolute atomic E-state index is 0.123. The first-order valence-corrected chi connectivity index (χ1v) is 8.36. The second kappa shape index (κ2) is 13.4. The zero-order valence-corrected chi connectivity index (χ0v) is 13.7. The van der Waals surface area contributed by atoms with Gasteiger partial charge < -0.3 is 9.84 Å². The van der Waals surface area contributed by atoms with Crippen LogP contribution in [0.4, 0.5) is 0 Å². The van der Waals surface area contributed by atoms with Gasteiger partial charge in [-0.3, -0.25) is 4.79 Å². The highest BCUT2D eigenvalue weighted by molar-refractivity contribution is 5.69. The Morgan fingerprint density at radius 1 is 0.900 bits per heavy atom. The molecule has 0 aromatic heterocycles. The van der Waals surface area contributed by atoms with E-state index < -0.39 is 6.10 Å². The lowest BCUT2D eigenvalue weighted by atomic mass is 10.0. The summed E-state index contributed by atoms with van der Waals surface area (Å²) in [6.07, 6.45) is 10.6. The van der Waals surface area contributed by atoms with Gasteiger partial charge in [-0.05, 0) is 19.3 Å².